The Morgan fingerprint density at radius 3 is 2.34 bits per heavy atom. The van der Waals surface area contributed by atoms with Crippen LogP contribution in [0.15, 0.2) is 65.7 Å². The van der Waals surface area contributed by atoms with Crippen molar-refractivity contribution in [2.24, 2.45) is 17.3 Å². The van der Waals surface area contributed by atoms with E-state index in [1.165, 1.54) is 6.61 Å². The average molecular weight is 613 g/mol. The molecule has 1 aliphatic carbocycles. The molecule has 2 radical (unpaired) electrons. The molecular weight excluding hydrogens is 593 g/mol. The van der Waals surface area contributed by atoms with Gasteiger partial charge in [0.05, 0.1) is 6.07 Å². The van der Waals surface area contributed by atoms with Gasteiger partial charge in [-0.3, -0.25) is 0 Å². The molecule has 0 amide bonds. The number of hydrogen-bond donors (Lipinski definition) is 0. The molecule has 1 saturated carbocycles. The molecule has 1 aliphatic rings. The van der Waals surface area contributed by atoms with Crippen molar-refractivity contribution < 1.29 is 88.1 Å². The van der Waals surface area contributed by atoms with E-state index < -0.39 is 28.6 Å². The summed E-state index contributed by atoms with van der Waals surface area (Å²) in [5.41, 5.74) is 0.143. The summed E-state index contributed by atoms with van der Waals surface area (Å²) in [4.78, 5) is 0. The molecule has 0 bridgehead atoms. The van der Waals surface area contributed by atoms with E-state index in [0.29, 0.717) is 17.1 Å². The average Bonchev–Trinajstić information content (AvgIpc) is 3.21. The van der Waals surface area contributed by atoms with Crippen LogP contribution in [0.5, 0.6) is 11.5 Å². The van der Waals surface area contributed by atoms with Crippen molar-refractivity contribution in [3.05, 3.63) is 77.9 Å². The van der Waals surface area contributed by atoms with Crippen molar-refractivity contribution >= 4 is 11.6 Å². The second kappa shape index (κ2) is 12.4. The van der Waals surface area contributed by atoms with E-state index in [-0.39, 0.29) is 71.3 Å². The van der Waals surface area contributed by atoms with Gasteiger partial charge in [0.25, 0.3) is 0 Å². The molecule has 3 unspecified atom stereocenters. The molecule has 3 atom stereocenters. The normalized spacial score (nSPS) is 20.2. The molecule has 9 heteroatoms. The van der Waals surface area contributed by atoms with Gasteiger partial charge in [0.1, 0.15) is 22.6 Å². The topological polar surface area (TPSA) is 42.2 Å². The summed E-state index contributed by atoms with van der Waals surface area (Å²) in [5, 5.41) is 8.38. The van der Waals surface area contributed by atoms with Crippen LogP contribution in [0.2, 0.25) is 0 Å². The summed E-state index contributed by atoms with van der Waals surface area (Å²) in [6, 6.07) is 18.2. The van der Waals surface area contributed by atoms with Crippen molar-refractivity contribution in [3.8, 4) is 17.6 Å². The Balaban J connectivity index is 0.00000256. The second-order valence-electron chi connectivity index (χ2n) is 7.65. The number of alkyl halides is 3. The van der Waals surface area contributed by atoms with Crippen LogP contribution in [0, 0.1) is 35.2 Å². The van der Waals surface area contributed by atoms with Crippen LogP contribution in [0.3, 0.4) is 0 Å². The SMILES string of the molecule is CC1(C)C(/C=C(\Cl)C(F)(F)F)C1[CH-]OC(C#N)c1cccc(Oc2ccccc2)c1.[Y].[Y]. The van der Waals surface area contributed by atoms with Crippen molar-refractivity contribution in [2.75, 3.05) is 0 Å². The fourth-order valence-electron chi connectivity index (χ4n) is 3.26. The first-order chi connectivity index (χ1) is 14.1. The number of nitrogens with zero attached hydrogens (tertiary/aromatic N) is 1. The summed E-state index contributed by atoms with van der Waals surface area (Å²) in [6.45, 7) is 5.10. The van der Waals surface area contributed by atoms with E-state index >= 15 is 0 Å². The second-order valence-corrected chi connectivity index (χ2v) is 8.06. The molecule has 0 heterocycles. The van der Waals surface area contributed by atoms with Crippen LogP contribution in [-0.2, 0) is 70.2 Å². The van der Waals surface area contributed by atoms with Gasteiger partial charge < -0.3 is 9.47 Å². The predicted octanol–water partition coefficient (Wildman–Crippen LogP) is 7.17. The largest absolute Gasteiger partial charge is 0.535 e. The number of halogens is 4. The Morgan fingerprint density at radius 2 is 1.75 bits per heavy atom. The van der Waals surface area contributed by atoms with Crippen molar-refractivity contribution in [2.45, 2.75) is 26.1 Å². The number of hydrogen-bond acceptors (Lipinski definition) is 3. The first-order valence-electron chi connectivity index (χ1n) is 9.28. The van der Waals surface area contributed by atoms with E-state index in [1.54, 1.807) is 24.3 Å². The minimum atomic E-state index is -4.57. The summed E-state index contributed by atoms with van der Waals surface area (Å²) in [5.74, 6) is 0.505. The number of nitriles is 1. The van der Waals surface area contributed by atoms with Crippen LogP contribution in [0.1, 0.15) is 25.5 Å². The van der Waals surface area contributed by atoms with Crippen LogP contribution >= 0.6 is 11.6 Å². The molecule has 0 N–H and O–H groups in total. The summed E-state index contributed by atoms with van der Waals surface area (Å²) >= 11 is 5.37. The van der Waals surface area contributed by atoms with Crippen molar-refractivity contribution in [1.82, 2.24) is 0 Å². The van der Waals surface area contributed by atoms with E-state index in [9.17, 15) is 18.4 Å². The standard InChI is InChI=1S/C23H20ClF3NO2.2Y/c1-22(2)18(12-21(24)23(25,26)27)19(22)14-29-20(13-28)15-7-6-10-17(11-15)30-16-8-4-3-5-9-16;;/h3-12,14,18-20H,1-2H3;;/q-1;;/b21-12-;;. The van der Waals surface area contributed by atoms with Gasteiger partial charge in [-0.05, 0) is 35.7 Å². The van der Waals surface area contributed by atoms with Gasteiger partial charge in [0.2, 0.25) is 0 Å². The Labute approximate surface area is 241 Å². The van der Waals surface area contributed by atoms with Gasteiger partial charge in [-0.2, -0.15) is 18.4 Å². The van der Waals surface area contributed by atoms with Gasteiger partial charge >= 0.3 is 6.18 Å². The maximum absolute atomic E-state index is 12.7. The molecule has 3 nitrogen and oxygen atoms in total. The monoisotopic (exact) mass is 612 g/mol. The first kappa shape index (κ1) is 29.7. The third-order valence-corrected chi connectivity index (χ3v) is 5.55. The number of rotatable bonds is 7. The molecular formula is C23H20ClF3NO2Y2-. The minimum absolute atomic E-state index is 0. The van der Waals surface area contributed by atoms with Crippen LogP contribution in [0.25, 0.3) is 0 Å². The Kier molecular flexibility index (Phi) is 11.6. The smallest absolute Gasteiger partial charge is 0.426 e. The van der Waals surface area contributed by atoms with Crippen LogP contribution in [-0.4, -0.2) is 6.18 Å². The van der Waals surface area contributed by atoms with E-state index in [0.717, 1.165) is 6.08 Å². The number of benzene rings is 2. The number of allylic oxidation sites excluding steroid dienone is 2. The summed E-state index contributed by atoms with van der Waals surface area (Å²) < 4.78 is 49.5. The Hall–Kier alpha value is -0.282. The first-order valence-corrected chi connectivity index (χ1v) is 9.66. The molecule has 164 valence electrons. The minimum Gasteiger partial charge on any atom is -0.535 e. The van der Waals surface area contributed by atoms with Crippen LogP contribution < -0.4 is 4.74 Å². The number of para-hydroxylation sites is 1. The van der Waals surface area contributed by atoms with E-state index in [1.807, 2.05) is 44.2 Å². The van der Waals surface area contributed by atoms with Gasteiger partial charge in [-0.15, -0.1) is 5.92 Å². The predicted molar refractivity (Wildman–Crippen MR) is 107 cm³/mol. The van der Waals surface area contributed by atoms with E-state index in [2.05, 4.69) is 6.07 Å². The third kappa shape index (κ3) is 7.62. The third-order valence-electron chi connectivity index (χ3n) is 5.21. The molecule has 1 fully saturated rings. The fourth-order valence-corrected chi connectivity index (χ4v) is 3.40. The van der Waals surface area contributed by atoms with Crippen LogP contribution in [0.4, 0.5) is 13.2 Å². The number of ether oxygens (including phenoxy) is 2. The van der Waals surface area contributed by atoms with Gasteiger partial charge in [0.15, 0.2) is 0 Å². The molecule has 3 rings (SSSR count). The molecule has 0 spiro atoms. The van der Waals surface area contributed by atoms with Gasteiger partial charge in [-0.25, -0.2) is 6.61 Å². The summed E-state index contributed by atoms with van der Waals surface area (Å²) in [6.07, 6.45) is -4.47. The zero-order valence-electron chi connectivity index (χ0n) is 17.5. The molecule has 0 aromatic heterocycles. The zero-order valence-corrected chi connectivity index (χ0v) is 23.9. The Bertz CT molecular complexity index is 962. The van der Waals surface area contributed by atoms with Crippen molar-refractivity contribution in [3.63, 3.8) is 0 Å². The zero-order chi connectivity index (χ0) is 21.9. The fraction of sp³-hybridized carbons (Fsp3) is 0.304. The maximum Gasteiger partial charge on any atom is 0.426 e. The Morgan fingerprint density at radius 1 is 1.12 bits per heavy atom. The van der Waals surface area contributed by atoms with Gasteiger partial charge in [0, 0.05) is 65.4 Å². The molecule has 0 aliphatic heterocycles. The molecule has 32 heavy (non-hydrogen) atoms. The summed E-state index contributed by atoms with van der Waals surface area (Å²) in [7, 11) is 0. The van der Waals surface area contributed by atoms with Crippen molar-refractivity contribution in [1.29, 1.82) is 5.26 Å². The van der Waals surface area contributed by atoms with E-state index in [4.69, 9.17) is 21.1 Å². The maximum atomic E-state index is 12.7. The molecule has 2 aromatic carbocycles. The molecule has 0 saturated heterocycles. The quantitative estimate of drug-likeness (QED) is 0.312. The van der Waals surface area contributed by atoms with Gasteiger partial charge in [-0.1, -0.05) is 67.3 Å². The molecule has 2 aromatic rings.